The molecule has 0 heterocycles. The summed E-state index contributed by atoms with van der Waals surface area (Å²) in [6.07, 6.45) is 8.69. The van der Waals surface area contributed by atoms with Crippen LogP contribution in [0.1, 0.15) is 30.4 Å². The minimum atomic E-state index is 0.320. The Morgan fingerprint density at radius 1 is 1.00 bits per heavy atom. The molecule has 0 amide bonds. The molecule has 0 unspecified atom stereocenters. The second-order valence-electron chi connectivity index (χ2n) is 4.05. The average Bonchev–Trinajstić information content (AvgIpc) is 2.25. The van der Waals surface area contributed by atoms with E-state index >= 15 is 0 Å². The SMILES string of the molecule is O=C1C/C=C\CCCc2ccccc2C1. The van der Waals surface area contributed by atoms with Crippen molar-refractivity contribution in [3.8, 4) is 0 Å². The maximum absolute atomic E-state index is 11.6. The van der Waals surface area contributed by atoms with Crippen LogP contribution in [-0.2, 0) is 17.6 Å². The molecule has 1 aliphatic rings. The number of benzene rings is 1. The van der Waals surface area contributed by atoms with E-state index in [9.17, 15) is 4.79 Å². The second-order valence-corrected chi connectivity index (χ2v) is 4.05. The van der Waals surface area contributed by atoms with Crippen molar-refractivity contribution in [1.29, 1.82) is 0 Å². The fourth-order valence-corrected chi connectivity index (χ4v) is 2.00. The number of aryl methyl sites for hydroxylation is 1. The van der Waals surface area contributed by atoms with Crippen molar-refractivity contribution in [3.63, 3.8) is 0 Å². The molecule has 0 atom stereocenters. The minimum Gasteiger partial charge on any atom is -0.299 e. The standard InChI is InChI=1S/C14H16O/c15-14-10-4-2-1-3-7-12-8-5-6-9-13(12)11-14/h2,4-6,8-9H,1,3,7,10-11H2/b4-2-. The highest BCUT2D eigenvalue weighted by molar-refractivity contribution is 5.82. The van der Waals surface area contributed by atoms with Crippen LogP contribution in [0.3, 0.4) is 0 Å². The lowest BCUT2D eigenvalue weighted by Gasteiger charge is -2.09. The van der Waals surface area contributed by atoms with E-state index in [0.717, 1.165) is 12.8 Å². The molecule has 0 aliphatic heterocycles. The first-order chi connectivity index (χ1) is 7.36. The van der Waals surface area contributed by atoms with Crippen LogP contribution in [0.25, 0.3) is 0 Å². The number of allylic oxidation sites excluding steroid dienone is 2. The first kappa shape index (κ1) is 10.2. The lowest BCUT2D eigenvalue weighted by Crippen LogP contribution is -2.05. The number of Topliss-reactive ketones (excluding diaryl/α,β-unsaturated/α-hetero) is 1. The predicted molar refractivity (Wildman–Crippen MR) is 61.8 cm³/mol. The van der Waals surface area contributed by atoms with E-state index in [-0.39, 0.29) is 0 Å². The van der Waals surface area contributed by atoms with E-state index in [4.69, 9.17) is 0 Å². The fraction of sp³-hybridized carbons (Fsp3) is 0.357. The van der Waals surface area contributed by atoms with E-state index in [2.05, 4.69) is 24.3 Å². The second kappa shape index (κ2) is 4.92. The van der Waals surface area contributed by atoms with Gasteiger partial charge in [0.25, 0.3) is 0 Å². The molecule has 78 valence electrons. The third kappa shape index (κ3) is 2.79. The summed E-state index contributed by atoms with van der Waals surface area (Å²) < 4.78 is 0. The van der Waals surface area contributed by atoms with E-state index < -0.39 is 0 Å². The molecule has 0 radical (unpaired) electrons. The number of carbonyl (C=O) groups is 1. The number of ketones is 1. The van der Waals surface area contributed by atoms with Gasteiger partial charge in [0.15, 0.2) is 0 Å². The summed E-state index contributed by atoms with van der Waals surface area (Å²) >= 11 is 0. The fourth-order valence-electron chi connectivity index (χ4n) is 2.00. The van der Waals surface area contributed by atoms with Crippen LogP contribution in [0.4, 0.5) is 0 Å². The van der Waals surface area contributed by atoms with Gasteiger partial charge in [0.1, 0.15) is 5.78 Å². The first-order valence-corrected chi connectivity index (χ1v) is 5.60. The van der Waals surface area contributed by atoms with Crippen molar-refractivity contribution in [1.82, 2.24) is 0 Å². The summed E-state index contributed by atoms with van der Waals surface area (Å²) in [6, 6.07) is 8.31. The Morgan fingerprint density at radius 2 is 1.80 bits per heavy atom. The molecule has 1 heteroatoms. The molecule has 1 aliphatic carbocycles. The smallest absolute Gasteiger partial charge is 0.141 e. The zero-order chi connectivity index (χ0) is 10.5. The summed E-state index contributed by atoms with van der Waals surface area (Å²) in [7, 11) is 0. The van der Waals surface area contributed by atoms with Gasteiger partial charge < -0.3 is 0 Å². The van der Waals surface area contributed by atoms with Gasteiger partial charge >= 0.3 is 0 Å². The summed E-state index contributed by atoms with van der Waals surface area (Å²) in [5.74, 6) is 0.320. The Morgan fingerprint density at radius 3 is 2.67 bits per heavy atom. The van der Waals surface area contributed by atoms with Gasteiger partial charge in [-0.2, -0.15) is 0 Å². The molecule has 0 N–H and O–H groups in total. The Balaban J connectivity index is 2.23. The Hall–Kier alpha value is -1.37. The van der Waals surface area contributed by atoms with Gasteiger partial charge in [-0.3, -0.25) is 4.79 Å². The Kier molecular flexibility index (Phi) is 3.33. The maximum atomic E-state index is 11.6. The van der Waals surface area contributed by atoms with E-state index in [0.29, 0.717) is 18.6 Å². The average molecular weight is 200 g/mol. The topological polar surface area (TPSA) is 17.1 Å². The number of hydrogen-bond donors (Lipinski definition) is 0. The molecule has 0 fully saturated rings. The van der Waals surface area contributed by atoms with Gasteiger partial charge in [-0.1, -0.05) is 36.4 Å². The van der Waals surface area contributed by atoms with Gasteiger partial charge in [-0.15, -0.1) is 0 Å². The molecule has 1 aromatic carbocycles. The van der Waals surface area contributed by atoms with Crippen molar-refractivity contribution in [3.05, 3.63) is 47.5 Å². The lowest BCUT2D eigenvalue weighted by molar-refractivity contribution is -0.117. The quantitative estimate of drug-likeness (QED) is 0.588. The van der Waals surface area contributed by atoms with E-state index in [1.54, 1.807) is 0 Å². The summed E-state index contributed by atoms with van der Waals surface area (Å²) in [5.41, 5.74) is 2.57. The minimum absolute atomic E-state index is 0.320. The molecule has 1 aromatic rings. The zero-order valence-corrected chi connectivity index (χ0v) is 8.91. The third-order valence-corrected chi connectivity index (χ3v) is 2.84. The predicted octanol–water partition coefficient (Wildman–Crippen LogP) is 3.08. The van der Waals surface area contributed by atoms with Gasteiger partial charge in [-0.05, 0) is 30.4 Å². The van der Waals surface area contributed by atoms with Crippen LogP contribution in [0.15, 0.2) is 36.4 Å². The molecule has 0 saturated carbocycles. The highest BCUT2D eigenvalue weighted by Crippen LogP contribution is 2.15. The number of fused-ring (bicyclic) bond motifs is 1. The lowest BCUT2D eigenvalue weighted by atomic mass is 9.96. The zero-order valence-electron chi connectivity index (χ0n) is 8.91. The molecule has 0 spiro atoms. The molecule has 2 rings (SSSR count). The van der Waals surface area contributed by atoms with Crippen molar-refractivity contribution < 1.29 is 4.79 Å². The van der Waals surface area contributed by atoms with E-state index in [1.165, 1.54) is 17.5 Å². The molecule has 0 saturated heterocycles. The maximum Gasteiger partial charge on any atom is 0.141 e. The normalized spacial score (nSPS) is 19.3. The van der Waals surface area contributed by atoms with Crippen molar-refractivity contribution in [2.75, 3.05) is 0 Å². The van der Waals surface area contributed by atoms with Crippen molar-refractivity contribution in [2.45, 2.75) is 32.1 Å². The van der Waals surface area contributed by atoms with Gasteiger partial charge in [0.2, 0.25) is 0 Å². The molecular formula is C14H16O. The monoisotopic (exact) mass is 200 g/mol. The highest BCUT2D eigenvalue weighted by Gasteiger charge is 2.07. The van der Waals surface area contributed by atoms with Crippen LogP contribution in [0, 0.1) is 0 Å². The summed E-state index contributed by atoms with van der Waals surface area (Å²) in [5, 5.41) is 0. The van der Waals surface area contributed by atoms with E-state index in [1.807, 2.05) is 12.1 Å². The summed E-state index contributed by atoms with van der Waals surface area (Å²) in [6.45, 7) is 0. The molecule has 1 nitrogen and oxygen atoms in total. The Labute approximate surface area is 90.8 Å². The van der Waals surface area contributed by atoms with Crippen LogP contribution in [0.2, 0.25) is 0 Å². The highest BCUT2D eigenvalue weighted by atomic mass is 16.1. The summed E-state index contributed by atoms with van der Waals surface area (Å²) in [4.78, 5) is 11.6. The molecule has 0 bridgehead atoms. The molecular weight excluding hydrogens is 184 g/mol. The Bertz CT molecular complexity index is 377. The number of carbonyl (C=O) groups excluding carboxylic acids is 1. The van der Waals surface area contributed by atoms with Crippen LogP contribution < -0.4 is 0 Å². The third-order valence-electron chi connectivity index (χ3n) is 2.84. The van der Waals surface area contributed by atoms with Crippen molar-refractivity contribution >= 4 is 5.78 Å². The van der Waals surface area contributed by atoms with Gasteiger partial charge in [0.05, 0.1) is 0 Å². The van der Waals surface area contributed by atoms with Crippen molar-refractivity contribution in [2.24, 2.45) is 0 Å². The molecule has 15 heavy (non-hydrogen) atoms. The number of rotatable bonds is 0. The molecule has 0 aromatic heterocycles. The first-order valence-electron chi connectivity index (χ1n) is 5.60. The van der Waals surface area contributed by atoms with Gasteiger partial charge in [-0.25, -0.2) is 0 Å². The van der Waals surface area contributed by atoms with Gasteiger partial charge in [0, 0.05) is 12.8 Å². The number of hydrogen-bond acceptors (Lipinski definition) is 1. The van der Waals surface area contributed by atoms with Crippen LogP contribution in [0.5, 0.6) is 0 Å². The van der Waals surface area contributed by atoms with Crippen LogP contribution in [-0.4, -0.2) is 5.78 Å². The van der Waals surface area contributed by atoms with Crippen LogP contribution >= 0.6 is 0 Å². The largest absolute Gasteiger partial charge is 0.299 e.